The maximum absolute atomic E-state index is 12.9. The standard InChI is InChI=1S/C13H14F3NO/c1-17-12(11-7-4-8-18-11)9-5-2-3-6-10(9)13(14,15)16/h2-3,5-7,12,17H,4,8H2,1H3. The summed E-state index contributed by atoms with van der Waals surface area (Å²) in [6.07, 6.45) is -1.79. The van der Waals surface area contributed by atoms with Crippen LogP contribution in [0.1, 0.15) is 23.6 Å². The van der Waals surface area contributed by atoms with Gasteiger partial charge in [0.15, 0.2) is 0 Å². The SMILES string of the molecule is CNC(C1=CCCO1)c1ccccc1C(F)(F)F. The molecule has 0 aliphatic carbocycles. The summed E-state index contributed by atoms with van der Waals surface area (Å²) in [5, 5.41) is 2.88. The van der Waals surface area contributed by atoms with Gasteiger partial charge in [0, 0.05) is 6.42 Å². The fraction of sp³-hybridized carbons (Fsp3) is 0.385. The highest BCUT2D eigenvalue weighted by molar-refractivity contribution is 5.36. The molecular weight excluding hydrogens is 243 g/mol. The van der Waals surface area contributed by atoms with Crippen molar-refractivity contribution in [1.82, 2.24) is 5.32 Å². The third kappa shape index (κ3) is 2.51. The van der Waals surface area contributed by atoms with Crippen LogP contribution in [0.25, 0.3) is 0 Å². The van der Waals surface area contributed by atoms with E-state index in [1.165, 1.54) is 12.1 Å². The van der Waals surface area contributed by atoms with E-state index < -0.39 is 17.8 Å². The quantitative estimate of drug-likeness (QED) is 0.897. The smallest absolute Gasteiger partial charge is 0.416 e. The minimum Gasteiger partial charge on any atom is -0.496 e. The van der Waals surface area contributed by atoms with Gasteiger partial charge in [-0.25, -0.2) is 0 Å². The summed E-state index contributed by atoms with van der Waals surface area (Å²) >= 11 is 0. The lowest BCUT2D eigenvalue weighted by Crippen LogP contribution is -2.23. The molecule has 0 fully saturated rings. The fourth-order valence-electron chi connectivity index (χ4n) is 2.10. The molecule has 0 saturated carbocycles. The minimum atomic E-state index is -4.36. The molecule has 1 aliphatic heterocycles. The summed E-state index contributed by atoms with van der Waals surface area (Å²) in [6, 6.07) is 5.01. The van der Waals surface area contributed by atoms with E-state index in [0.717, 1.165) is 12.5 Å². The summed E-state index contributed by atoms with van der Waals surface area (Å²) in [5.74, 6) is 0.564. The van der Waals surface area contributed by atoms with E-state index in [1.54, 1.807) is 13.1 Å². The van der Waals surface area contributed by atoms with Gasteiger partial charge in [0.2, 0.25) is 0 Å². The predicted molar refractivity (Wildman–Crippen MR) is 61.9 cm³/mol. The van der Waals surface area contributed by atoms with Crippen LogP contribution >= 0.6 is 0 Å². The Labute approximate surface area is 103 Å². The van der Waals surface area contributed by atoms with Crippen molar-refractivity contribution >= 4 is 0 Å². The molecule has 0 amide bonds. The van der Waals surface area contributed by atoms with E-state index in [0.29, 0.717) is 12.4 Å². The molecule has 2 nitrogen and oxygen atoms in total. The molecule has 1 N–H and O–H groups in total. The molecule has 5 heteroatoms. The lowest BCUT2D eigenvalue weighted by atomic mass is 9.98. The molecule has 0 bridgehead atoms. The number of rotatable bonds is 3. The van der Waals surface area contributed by atoms with E-state index in [9.17, 15) is 13.2 Å². The van der Waals surface area contributed by atoms with E-state index in [1.807, 2.05) is 6.08 Å². The van der Waals surface area contributed by atoms with Crippen molar-refractivity contribution in [3.05, 3.63) is 47.2 Å². The highest BCUT2D eigenvalue weighted by Crippen LogP contribution is 2.37. The van der Waals surface area contributed by atoms with Crippen LogP contribution in [0.15, 0.2) is 36.1 Å². The van der Waals surface area contributed by atoms with Crippen molar-refractivity contribution in [2.45, 2.75) is 18.6 Å². The molecule has 0 saturated heterocycles. The molecule has 2 rings (SSSR count). The first-order valence-electron chi connectivity index (χ1n) is 5.70. The molecule has 1 aliphatic rings. The van der Waals surface area contributed by atoms with Crippen LogP contribution in [0.4, 0.5) is 13.2 Å². The van der Waals surface area contributed by atoms with Crippen molar-refractivity contribution in [2.75, 3.05) is 13.7 Å². The predicted octanol–water partition coefficient (Wildman–Crippen LogP) is 3.27. The molecule has 1 heterocycles. The third-order valence-electron chi connectivity index (χ3n) is 2.88. The van der Waals surface area contributed by atoms with Crippen LogP contribution in [0, 0.1) is 0 Å². The van der Waals surface area contributed by atoms with Crippen molar-refractivity contribution in [3.63, 3.8) is 0 Å². The van der Waals surface area contributed by atoms with Crippen molar-refractivity contribution in [1.29, 1.82) is 0 Å². The lowest BCUT2D eigenvalue weighted by molar-refractivity contribution is -0.138. The highest BCUT2D eigenvalue weighted by atomic mass is 19.4. The maximum atomic E-state index is 12.9. The molecule has 1 aromatic carbocycles. The van der Waals surface area contributed by atoms with E-state index in [-0.39, 0.29) is 5.56 Å². The number of nitrogens with one attached hydrogen (secondary N) is 1. The van der Waals surface area contributed by atoms with Gasteiger partial charge in [0.05, 0.1) is 18.2 Å². The summed E-state index contributed by atoms with van der Waals surface area (Å²) in [5.41, 5.74) is -0.429. The first-order chi connectivity index (χ1) is 8.54. The number of hydrogen-bond donors (Lipinski definition) is 1. The second-order valence-corrected chi connectivity index (χ2v) is 4.05. The van der Waals surface area contributed by atoms with Crippen molar-refractivity contribution in [2.24, 2.45) is 0 Å². The monoisotopic (exact) mass is 257 g/mol. The molecule has 18 heavy (non-hydrogen) atoms. The number of ether oxygens (including phenoxy) is 1. The molecule has 0 aromatic heterocycles. The zero-order valence-corrected chi connectivity index (χ0v) is 9.92. The zero-order chi connectivity index (χ0) is 13.2. The Morgan fingerprint density at radius 2 is 2.00 bits per heavy atom. The second kappa shape index (κ2) is 5.02. The third-order valence-corrected chi connectivity index (χ3v) is 2.88. The van der Waals surface area contributed by atoms with Crippen molar-refractivity contribution in [3.8, 4) is 0 Å². The first-order valence-corrected chi connectivity index (χ1v) is 5.70. The number of benzene rings is 1. The average molecular weight is 257 g/mol. The molecule has 1 unspecified atom stereocenters. The largest absolute Gasteiger partial charge is 0.496 e. The highest BCUT2D eigenvalue weighted by Gasteiger charge is 2.36. The van der Waals surface area contributed by atoms with Gasteiger partial charge in [-0.15, -0.1) is 0 Å². The first kappa shape index (κ1) is 13.0. The minimum absolute atomic E-state index is 0.195. The number of hydrogen-bond acceptors (Lipinski definition) is 2. The number of halogens is 3. The van der Waals surface area contributed by atoms with Gasteiger partial charge in [0.25, 0.3) is 0 Å². The average Bonchev–Trinajstić information content (AvgIpc) is 2.83. The Morgan fingerprint density at radius 3 is 2.56 bits per heavy atom. The van der Waals surface area contributed by atoms with Crippen LogP contribution in [-0.2, 0) is 10.9 Å². The zero-order valence-electron chi connectivity index (χ0n) is 9.92. The van der Waals surface area contributed by atoms with Gasteiger partial charge in [-0.1, -0.05) is 18.2 Å². The van der Waals surface area contributed by atoms with Gasteiger partial charge in [-0.3, -0.25) is 0 Å². The van der Waals surface area contributed by atoms with Gasteiger partial charge in [0.1, 0.15) is 5.76 Å². The van der Waals surface area contributed by atoms with Crippen LogP contribution in [-0.4, -0.2) is 13.7 Å². The van der Waals surface area contributed by atoms with E-state index in [4.69, 9.17) is 4.74 Å². The van der Waals surface area contributed by atoms with Crippen LogP contribution in [0.2, 0.25) is 0 Å². The van der Waals surface area contributed by atoms with E-state index in [2.05, 4.69) is 5.32 Å². The van der Waals surface area contributed by atoms with Crippen LogP contribution in [0.5, 0.6) is 0 Å². The summed E-state index contributed by atoms with van der Waals surface area (Å²) in [4.78, 5) is 0. The Hall–Kier alpha value is -1.49. The van der Waals surface area contributed by atoms with Gasteiger partial charge in [-0.05, 0) is 24.8 Å². The van der Waals surface area contributed by atoms with Gasteiger partial charge >= 0.3 is 6.18 Å². The van der Waals surface area contributed by atoms with Crippen LogP contribution < -0.4 is 5.32 Å². The Balaban J connectivity index is 2.42. The normalized spacial score (nSPS) is 17.2. The molecule has 98 valence electrons. The van der Waals surface area contributed by atoms with E-state index >= 15 is 0 Å². The summed E-state index contributed by atoms with van der Waals surface area (Å²) in [6.45, 7) is 0.529. The molecule has 0 spiro atoms. The van der Waals surface area contributed by atoms with Crippen LogP contribution in [0.3, 0.4) is 0 Å². The maximum Gasteiger partial charge on any atom is 0.416 e. The van der Waals surface area contributed by atoms with Gasteiger partial charge < -0.3 is 10.1 Å². The Morgan fingerprint density at radius 1 is 1.28 bits per heavy atom. The topological polar surface area (TPSA) is 21.3 Å². The lowest BCUT2D eigenvalue weighted by Gasteiger charge is -2.22. The van der Waals surface area contributed by atoms with Gasteiger partial charge in [-0.2, -0.15) is 13.2 Å². The second-order valence-electron chi connectivity index (χ2n) is 4.05. The fourth-order valence-corrected chi connectivity index (χ4v) is 2.10. The summed E-state index contributed by atoms with van der Waals surface area (Å²) < 4.78 is 44.2. The molecular formula is C13H14F3NO. The Kier molecular flexibility index (Phi) is 3.61. The molecule has 0 radical (unpaired) electrons. The molecule has 1 aromatic rings. The van der Waals surface area contributed by atoms with Crippen molar-refractivity contribution < 1.29 is 17.9 Å². The number of likely N-dealkylation sites (N-methyl/N-ethyl adjacent to an activating group) is 1. The number of alkyl halides is 3. The summed E-state index contributed by atoms with van der Waals surface area (Å²) in [7, 11) is 1.63. The Bertz CT molecular complexity index is 454. The molecule has 1 atom stereocenters.